The topological polar surface area (TPSA) is 117 Å². The number of carbonyl (C=O) groups is 2. The molecule has 0 aromatic heterocycles. The third kappa shape index (κ3) is 6.77. The highest BCUT2D eigenvalue weighted by Gasteiger charge is 2.27. The fourth-order valence-corrected chi connectivity index (χ4v) is 3.94. The van der Waals surface area contributed by atoms with E-state index in [9.17, 15) is 9.59 Å². The Morgan fingerprint density at radius 1 is 0.950 bits per heavy atom. The van der Waals surface area contributed by atoms with Gasteiger partial charge in [0.2, 0.25) is 11.8 Å². The van der Waals surface area contributed by atoms with E-state index in [2.05, 4.69) is 0 Å². The van der Waals surface area contributed by atoms with Crippen molar-refractivity contribution in [1.82, 2.24) is 11.0 Å². The maximum Gasteiger partial charge on any atom is 0.245 e. The van der Waals surface area contributed by atoms with Gasteiger partial charge in [-0.3, -0.25) is 20.0 Å². The lowest BCUT2D eigenvalue weighted by atomic mass is 10.2. The molecule has 1 saturated heterocycles. The van der Waals surface area contributed by atoms with Crippen LogP contribution in [0.2, 0.25) is 0 Å². The van der Waals surface area contributed by atoms with Crippen LogP contribution in [0.5, 0.6) is 0 Å². The van der Waals surface area contributed by atoms with Gasteiger partial charge in [0.05, 0.1) is 38.3 Å². The number of amides is 2. The molecule has 0 radical (unpaired) electrons. The van der Waals surface area contributed by atoms with E-state index in [4.69, 9.17) is 19.9 Å². The predicted molar refractivity (Wildman–Crippen MR) is 73.5 cm³/mol. The van der Waals surface area contributed by atoms with Gasteiger partial charge in [-0.1, -0.05) is 21.6 Å². The normalized spacial score (nSPS) is 22.3. The van der Waals surface area contributed by atoms with E-state index in [1.54, 1.807) is 21.6 Å². The zero-order valence-electron chi connectivity index (χ0n) is 10.7. The zero-order valence-corrected chi connectivity index (χ0v) is 12.4. The number of hydrogen-bond acceptors (Lipinski definition) is 8. The van der Waals surface area contributed by atoms with E-state index in [1.165, 1.54) is 11.0 Å². The van der Waals surface area contributed by atoms with Gasteiger partial charge in [0.1, 0.15) is 0 Å². The fourth-order valence-electron chi connectivity index (χ4n) is 1.47. The van der Waals surface area contributed by atoms with Crippen molar-refractivity contribution < 1.29 is 29.5 Å². The Kier molecular flexibility index (Phi) is 8.98. The van der Waals surface area contributed by atoms with Gasteiger partial charge in [-0.05, 0) is 0 Å². The van der Waals surface area contributed by atoms with Crippen molar-refractivity contribution in [2.45, 2.75) is 25.0 Å². The summed E-state index contributed by atoms with van der Waals surface area (Å²) in [5, 5.41) is 16.7. The Bertz CT molecular complexity index is 290. The highest BCUT2D eigenvalue weighted by atomic mass is 33.1. The van der Waals surface area contributed by atoms with E-state index in [0.717, 1.165) is 11.5 Å². The first-order valence-corrected chi connectivity index (χ1v) is 8.49. The average Bonchev–Trinajstić information content (AvgIpc) is 2.48. The van der Waals surface area contributed by atoms with Crippen LogP contribution < -0.4 is 11.0 Å². The standard InChI is InChI=1S/C10H18N2O6S2/c13-9(11-15)1-3-17-7-5-19-20-6-8(7)18-4-2-10(14)12-16/h7-8,15-16H,1-6H2,(H,11,13)(H,12,14). The molecular weight excluding hydrogens is 308 g/mol. The van der Waals surface area contributed by atoms with E-state index in [1.807, 2.05) is 0 Å². The van der Waals surface area contributed by atoms with Crippen molar-refractivity contribution in [1.29, 1.82) is 0 Å². The molecule has 0 aliphatic carbocycles. The molecule has 1 aliphatic heterocycles. The molecule has 20 heavy (non-hydrogen) atoms. The van der Waals surface area contributed by atoms with Crippen LogP contribution in [0.15, 0.2) is 0 Å². The summed E-state index contributed by atoms with van der Waals surface area (Å²) in [4.78, 5) is 21.7. The number of nitrogens with one attached hydrogen (secondary N) is 2. The van der Waals surface area contributed by atoms with Crippen LogP contribution in [0.3, 0.4) is 0 Å². The second kappa shape index (κ2) is 10.2. The van der Waals surface area contributed by atoms with Gasteiger partial charge in [-0.2, -0.15) is 0 Å². The van der Waals surface area contributed by atoms with Crippen LogP contribution >= 0.6 is 21.6 Å². The van der Waals surface area contributed by atoms with E-state index in [-0.39, 0.29) is 38.3 Å². The Morgan fingerprint density at radius 3 is 1.70 bits per heavy atom. The zero-order chi connectivity index (χ0) is 14.8. The summed E-state index contributed by atoms with van der Waals surface area (Å²) in [6.45, 7) is 0.387. The highest BCUT2D eigenvalue weighted by Crippen LogP contribution is 2.32. The van der Waals surface area contributed by atoms with Crippen LogP contribution in [-0.2, 0) is 19.1 Å². The second-order valence-electron chi connectivity index (χ2n) is 3.96. The number of hydroxylamine groups is 2. The van der Waals surface area contributed by atoms with Gasteiger partial charge >= 0.3 is 0 Å². The van der Waals surface area contributed by atoms with Gasteiger partial charge in [-0.25, -0.2) is 11.0 Å². The van der Waals surface area contributed by atoms with Crippen molar-refractivity contribution in [3.8, 4) is 0 Å². The number of carbonyl (C=O) groups excluding carboxylic acids is 2. The molecule has 1 aliphatic rings. The quantitative estimate of drug-likeness (QED) is 0.278. The monoisotopic (exact) mass is 326 g/mol. The molecule has 1 rings (SSSR count). The van der Waals surface area contributed by atoms with E-state index in [0.29, 0.717) is 0 Å². The molecule has 2 atom stereocenters. The minimum Gasteiger partial charge on any atom is -0.374 e. The smallest absolute Gasteiger partial charge is 0.245 e. The first-order chi connectivity index (χ1) is 9.67. The molecule has 4 N–H and O–H groups in total. The van der Waals surface area contributed by atoms with E-state index < -0.39 is 11.8 Å². The summed E-state index contributed by atoms with van der Waals surface area (Å²) in [6.07, 6.45) is -0.176. The predicted octanol–water partition coefficient (Wildman–Crippen LogP) is -0.0572. The molecule has 1 fully saturated rings. The minimum atomic E-state index is -0.500. The molecule has 0 bridgehead atoms. The van der Waals surface area contributed by atoms with Gasteiger partial charge in [0.15, 0.2) is 0 Å². The van der Waals surface area contributed by atoms with Gasteiger partial charge in [-0.15, -0.1) is 0 Å². The van der Waals surface area contributed by atoms with Crippen molar-refractivity contribution in [2.24, 2.45) is 0 Å². The summed E-state index contributed by atoms with van der Waals surface area (Å²) < 4.78 is 11.1. The lowest BCUT2D eigenvalue weighted by molar-refractivity contribution is -0.133. The highest BCUT2D eigenvalue weighted by molar-refractivity contribution is 8.76. The molecule has 10 heteroatoms. The SMILES string of the molecule is O=C(CCOC1CSSCC1OCCC(=O)NO)NO. The molecule has 0 saturated carbocycles. The molecule has 1 heterocycles. The van der Waals surface area contributed by atoms with Crippen LogP contribution in [0.1, 0.15) is 12.8 Å². The first-order valence-electron chi connectivity index (χ1n) is 6.01. The summed E-state index contributed by atoms with van der Waals surface area (Å²) in [5.41, 5.74) is 3.08. The van der Waals surface area contributed by atoms with Crippen molar-refractivity contribution in [3.63, 3.8) is 0 Å². The van der Waals surface area contributed by atoms with Crippen LogP contribution in [-0.4, -0.2) is 59.2 Å². The fraction of sp³-hybridized carbons (Fsp3) is 0.800. The molecule has 2 amide bonds. The first kappa shape index (κ1) is 17.5. The van der Waals surface area contributed by atoms with Gasteiger partial charge < -0.3 is 9.47 Å². The largest absolute Gasteiger partial charge is 0.374 e. The number of rotatable bonds is 8. The van der Waals surface area contributed by atoms with Gasteiger partial charge in [0.25, 0.3) is 0 Å². The van der Waals surface area contributed by atoms with Crippen molar-refractivity contribution >= 4 is 33.4 Å². The van der Waals surface area contributed by atoms with Gasteiger partial charge in [0, 0.05) is 11.5 Å². The summed E-state index contributed by atoms with van der Waals surface area (Å²) >= 11 is 0. The lowest BCUT2D eigenvalue weighted by Crippen LogP contribution is -2.39. The Morgan fingerprint density at radius 2 is 1.35 bits per heavy atom. The summed E-state index contributed by atoms with van der Waals surface area (Å²) in [7, 11) is 3.32. The van der Waals surface area contributed by atoms with Crippen LogP contribution in [0, 0.1) is 0 Å². The third-order valence-corrected chi connectivity index (χ3v) is 4.95. The van der Waals surface area contributed by atoms with Crippen molar-refractivity contribution in [2.75, 3.05) is 24.7 Å². The lowest BCUT2D eigenvalue weighted by Gasteiger charge is -2.30. The Hall–Kier alpha value is -0.520. The second-order valence-corrected chi connectivity index (χ2v) is 6.51. The maximum atomic E-state index is 10.9. The maximum absolute atomic E-state index is 10.9. The molecule has 0 aromatic rings. The number of ether oxygens (including phenoxy) is 2. The summed E-state index contributed by atoms with van der Waals surface area (Å²) in [5.74, 6) is 0.449. The molecule has 0 spiro atoms. The molecule has 116 valence electrons. The Labute approximate surface area is 124 Å². The molecule has 8 nitrogen and oxygen atoms in total. The van der Waals surface area contributed by atoms with E-state index >= 15 is 0 Å². The third-order valence-electron chi connectivity index (χ3n) is 2.53. The van der Waals surface area contributed by atoms with Crippen LogP contribution in [0.25, 0.3) is 0 Å². The molecule has 0 aromatic carbocycles. The van der Waals surface area contributed by atoms with Crippen LogP contribution in [0.4, 0.5) is 0 Å². The number of hydrogen-bond donors (Lipinski definition) is 4. The molecular formula is C10H18N2O6S2. The Balaban J connectivity index is 2.26. The molecule has 2 unspecified atom stereocenters. The average molecular weight is 326 g/mol. The van der Waals surface area contributed by atoms with Crippen molar-refractivity contribution in [3.05, 3.63) is 0 Å². The summed E-state index contributed by atoms with van der Waals surface area (Å²) in [6, 6.07) is 0. The minimum absolute atomic E-state index is 0.0739.